The van der Waals surface area contributed by atoms with Gasteiger partial charge in [0.2, 0.25) is 5.91 Å². The van der Waals surface area contributed by atoms with Crippen molar-refractivity contribution in [3.05, 3.63) is 35.9 Å². The van der Waals surface area contributed by atoms with Crippen molar-refractivity contribution in [2.45, 2.75) is 64.3 Å². The zero-order chi connectivity index (χ0) is 17.3. The topological polar surface area (TPSA) is 49.9 Å². The van der Waals surface area contributed by atoms with Crippen LogP contribution in [-0.4, -0.2) is 46.0 Å². The molecule has 2 atom stereocenters. The molecule has 0 unspecified atom stereocenters. The van der Waals surface area contributed by atoms with Crippen molar-refractivity contribution in [1.82, 2.24) is 9.80 Å². The fraction of sp³-hybridized carbons (Fsp3) is 0.579. The number of hydrogen-bond donors (Lipinski definition) is 0. The summed E-state index contributed by atoms with van der Waals surface area (Å²) in [5, 5.41) is 0. The van der Waals surface area contributed by atoms with Gasteiger partial charge in [-0.3, -0.25) is 4.79 Å². The lowest BCUT2D eigenvalue weighted by atomic mass is 9.91. The molecule has 0 bridgehead atoms. The third kappa shape index (κ3) is 3.55. The summed E-state index contributed by atoms with van der Waals surface area (Å²) < 4.78 is 5.53. The van der Waals surface area contributed by atoms with Gasteiger partial charge in [0.05, 0.1) is 12.1 Å². The molecule has 130 valence electrons. The van der Waals surface area contributed by atoms with Crippen LogP contribution >= 0.6 is 0 Å². The molecule has 5 nitrogen and oxygen atoms in total. The van der Waals surface area contributed by atoms with Crippen LogP contribution in [-0.2, 0) is 16.1 Å². The first-order valence-corrected chi connectivity index (χ1v) is 8.68. The number of likely N-dealkylation sites (tertiary alicyclic amines) is 2. The number of carbonyl (C=O) groups excluding carboxylic acids is 2. The molecule has 2 heterocycles. The van der Waals surface area contributed by atoms with Crippen molar-refractivity contribution < 1.29 is 14.3 Å². The summed E-state index contributed by atoms with van der Waals surface area (Å²) in [4.78, 5) is 28.3. The van der Waals surface area contributed by atoms with Gasteiger partial charge in [0.15, 0.2) is 0 Å². The molecule has 0 radical (unpaired) electrons. The number of hydrogen-bond acceptors (Lipinski definition) is 3. The number of ether oxygens (including phenoxy) is 1. The molecule has 0 spiro atoms. The summed E-state index contributed by atoms with van der Waals surface area (Å²) in [6.45, 7) is 6.96. The molecule has 2 fully saturated rings. The Morgan fingerprint density at radius 1 is 1.21 bits per heavy atom. The zero-order valence-electron chi connectivity index (χ0n) is 14.7. The monoisotopic (exact) mass is 330 g/mol. The van der Waals surface area contributed by atoms with E-state index in [1.807, 2.05) is 60.9 Å². The van der Waals surface area contributed by atoms with Crippen LogP contribution in [0, 0.1) is 0 Å². The highest BCUT2D eigenvalue weighted by atomic mass is 16.6. The Kier molecular flexibility index (Phi) is 4.52. The first kappa shape index (κ1) is 16.8. The normalized spacial score (nSPS) is 24.0. The SMILES string of the molecule is CC(C)(C)OC(=O)N1CCC[C@H]1[C@@H]1CC(=O)N1Cc1ccccc1. The van der Waals surface area contributed by atoms with E-state index in [9.17, 15) is 9.59 Å². The number of rotatable bonds is 3. The van der Waals surface area contributed by atoms with Crippen LogP contribution in [0.2, 0.25) is 0 Å². The molecule has 24 heavy (non-hydrogen) atoms. The van der Waals surface area contributed by atoms with Gasteiger partial charge in [-0.05, 0) is 39.2 Å². The van der Waals surface area contributed by atoms with E-state index in [1.54, 1.807) is 0 Å². The Morgan fingerprint density at radius 3 is 2.54 bits per heavy atom. The van der Waals surface area contributed by atoms with Gasteiger partial charge >= 0.3 is 6.09 Å². The lowest BCUT2D eigenvalue weighted by Crippen LogP contribution is -2.61. The maximum Gasteiger partial charge on any atom is 0.410 e. The van der Waals surface area contributed by atoms with Crippen LogP contribution in [0.5, 0.6) is 0 Å². The molecule has 0 aliphatic carbocycles. The summed E-state index contributed by atoms with van der Waals surface area (Å²) in [6, 6.07) is 10.2. The van der Waals surface area contributed by atoms with Gasteiger partial charge in [0, 0.05) is 19.5 Å². The van der Waals surface area contributed by atoms with Gasteiger partial charge in [0.1, 0.15) is 5.60 Å². The van der Waals surface area contributed by atoms with Crippen LogP contribution in [0.25, 0.3) is 0 Å². The fourth-order valence-electron chi connectivity index (χ4n) is 3.55. The molecule has 0 N–H and O–H groups in total. The first-order valence-electron chi connectivity index (χ1n) is 8.68. The maximum atomic E-state index is 12.5. The fourth-order valence-corrected chi connectivity index (χ4v) is 3.55. The lowest BCUT2D eigenvalue weighted by molar-refractivity contribution is -0.150. The largest absolute Gasteiger partial charge is 0.444 e. The van der Waals surface area contributed by atoms with Crippen molar-refractivity contribution in [2.75, 3.05) is 6.54 Å². The third-order valence-electron chi connectivity index (χ3n) is 4.67. The average Bonchev–Trinajstić information content (AvgIpc) is 2.98. The van der Waals surface area contributed by atoms with Crippen LogP contribution < -0.4 is 0 Å². The van der Waals surface area contributed by atoms with Crippen molar-refractivity contribution in [1.29, 1.82) is 0 Å². The van der Waals surface area contributed by atoms with Gasteiger partial charge in [-0.1, -0.05) is 30.3 Å². The van der Waals surface area contributed by atoms with Crippen LogP contribution in [0.4, 0.5) is 4.79 Å². The van der Waals surface area contributed by atoms with E-state index in [4.69, 9.17) is 4.74 Å². The summed E-state index contributed by atoms with van der Waals surface area (Å²) in [7, 11) is 0. The Hall–Kier alpha value is -2.04. The van der Waals surface area contributed by atoms with Gasteiger partial charge in [-0.15, -0.1) is 0 Å². The van der Waals surface area contributed by atoms with Gasteiger partial charge in [-0.2, -0.15) is 0 Å². The first-order chi connectivity index (χ1) is 11.3. The number of nitrogens with zero attached hydrogens (tertiary/aromatic N) is 2. The van der Waals surface area contributed by atoms with Crippen LogP contribution in [0.3, 0.4) is 0 Å². The standard InChI is InChI=1S/C19H26N2O3/c1-19(2,3)24-18(23)20-11-7-10-15(20)16-12-17(22)21(16)13-14-8-5-4-6-9-14/h4-6,8-9,15-16H,7,10-13H2,1-3H3/t15-,16-/m0/s1. The zero-order valence-corrected chi connectivity index (χ0v) is 14.7. The molecule has 0 aromatic heterocycles. The van der Waals surface area contributed by atoms with E-state index < -0.39 is 5.60 Å². The van der Waals surface area contributed by atoms with Gasteiger partial charge in [-0.25, -0.2) is 4.79 Å². The van der Waals surface area contributed by atoms with E-state index in [0.29, 0.717) is 19.5 Å². The molecule has 1 aromatic rings. The third-order valence-corrected chi connectivity index (χ3v) is 4.67. The summed E-state index contributed by atoms with van der Waals surface area (Å²) >= 11 is 0. The number of carbonyl (C=O) groups is 2. The van der Waals surface area contributed by atoms with Crippen molar-refractivity contribution in [2.24, 2.45) is 0 Å². The van der Waals surface area contributed by atoms with E-state index in [0.717, 1.165) is 18.4 Å². The summed E-state index contributed by atoms with van der Waals surface area (Å²) in [5.41, 5.74) is 0.626. The van der Waals surface area contributed by atoms with Crippen molar-refractivity contribution in [3.63, 3.8) is 0 Å². The molecule has 2 saturated heterocycles. The minimum Gasteiger partial charge on any atom is -0.444 e. The molecule has 3 rings (SSSR count). The van der Waals surface area contributed by atoms with Crippen LogP contribution in [0.1, 0.15) is 45.6 Å². The molecule has 2 aliphatic rings. The molecule has 1 aromatic carbocycles. The lowest BCUT2D eigenvalue weighted by Gasteiger charge is -2.46. The van der Waals surface area contributed by atoms with Gasteiger partial charge in [0.25, 0.3) is 0 Å². The highest BCUT2D eigenvalue weighted by Crippen LogP contribution is 2.33. The number of β-lactam (4-membered cyclic amide) rings is 1. The molecule has 5 heteroatoms. The molecule has 0 saturated carbocycles. The van der Waals surface area contributed by atoms with E-state index in [2.05, 4.69) is 0 Å². The second kappa shape index (κ2) is 6.46. The van der Waals surface area contributed by atoms with Crippen molar-refractivity contribution >= 4 is 12.0 Å². The second-order valence-corrected chi connectivity index (χ2v) is 7.66. The highest BCUT2D eigenvalue weighted by Gasteiger charge is 2.46. The van der Waals surface area contributed by atoms with Crippen LogP contribution in [0.15, 0.2) is 30.3 Å². The smallest absolute Gasteiger partial charge is 0.410 e. The van der Waals surface area contributed by atoms with Gasteiger partial charge < -0.3 is 14.5 Å². The summed E-state index contributed by atoms with van der Waals surface area (Å²) in [5.74, 6) is 0.167. The number of benzene rings is 1. The van der Waals surface area contributed by atoms with E-state index >= 15 is 0 Å². The molecular formula is C19H26N2O3. The van der Waals surface area contributed by atoms with E-state index in [-0.39, 0.29) is 24.1 Å². The Labute approximate surface area is 143 Å². The minimum atomic E-state index is -0.497. The van der Waals surface area contributed by atoms with E-state index in [1.165, 1.54) is 0 Å². The summed E-state index contributed by atoms with van der Waals surface area (Å²) in [6.07, 6.45) is 2.16. The predicted octanol–water partition coefficient (Wildman–Crippen LogP) is 3.19. The molecular weight excluding hydrogens is 304 g/mol. The number of amides is 2. The highest BCUT2D eigenvalue weighted by molar-refractivity contribution is 5.83. The quantitative estimate of drug-likeness (QED) is 0.800. The molecule has 2 amide bonds. The maximum absolute atomic E-state index is 12.5. The molecule has 2 aliphatic heterocycles. The second-order valence-electron chi connectivity index (χ2n) is 7.66. The Bertz CT molecular complexity index is 609. The van der Waals surface area contributed by atoms with Crippen molar-refractivity contribution in [3.8, 4) is 0 Å². The predicted molar refractivity (Wildman–Crippen MR) is 91.4 cm³/mol. The average molecular weight is 330 g/mol. The Morgan fingerprint density at radius 2 is 1.92 bits per heavy atom. The Balaban J connectivity index is 1.68. The minimum absolute atomic E-state index is 0.0706.